The fourth-order valence-electron chi connectivity index (χ4n) is 0.437. The molecule has 0 radical (unpaired) electrons. The monoisotopic (exact) mass is 180 g/mol. The summed E-state index contributed by atoms with van der Waals surface area (Å²) < 4.78 is 11.6. The Hall–Kier alpha value is 0.01000. The SMILES string of the molecule is C=S(=O)(Cl)c1cccs1. The Labute approximate surface area is 62.8 Å². The summed E-state index contributed by atoms with van der Waals surface area (Å²) in [4.78, 5) is 0. The van der Waals surface area contributed by atoms with Crippen molar-refractivity contribution in [1.82, 2.24) is 0 Å². The third-order valence-electron chi connectivity index (χ3n) is 0.796. The van der Waals surface area contributed by atoms with Gasteiger partial charge in [0.2, 0.25) is 0 Å². The van der Waals surface area contributed by atoms with E-state index in [1.807, 2.05) is 5.38 Å². The summed E-state index contributed by atoms with van der Waals surface area (Å²) in [6.45, 7) is 0. The lowest BCUT2D eigenvalue weighted by molar-refractivity contribution is 0.690. The summed E-state index contributed by atoms with van der Waals surface area (Å²) in [5, 5.41) is 1.82. The second-order valence-electron chi connectivity index (χ2n) is 1.53. The molecule has 1 atom stereocenters. The number of halogens is 1. The molecule has 1 unspecified atom stereocenters. The van der Waals surface area contributed by atoms with Crippen molar-refractivity contribution in [2.24, 2.45) is 0 Å². The van der Waals surface area contributed by atoms with E-state index in [2.05, 4.69) is 5.87 Å². The Morgan fingerprint density at radius 3 is 2.67 bits per heavy atom. The van der Waals surface area contributed by atoms with Crippen molar-refractivity contribution in [2.75, 3.05) is 0 Å². The lowest BCUT2D eigenvalue weighted by atomic mass is 10.7. The zero-order valence-corrected chi connectivity index (χ0v) is 6.93. The molecule has 9 heavy (non-hydrogen) atoms. The van der Waals surface area contributed by atoms with E-state index >= 15 is 0 Å². The van der Waals surface area contributed by atoms with Gasteiger partial charge in [-0.05, 0) is 28.0 Å². The van der Waals surface area contributed by atoms with Crippen molar-refractivity contribution in [3.05, 3.63) is 17.5 Å². The molecule has 0 fully saturated rings. The molecule has 1 rings (SSSR count). The molecular weight excluding hydrogens is 176 g/mol. The van der Waals surface area contributed by atoms with Crippen LogP contribution in [0.25, 0.3) is 0 Å². The molecule has 0 aliphatic heterocycles. The molecule has 0 aromatic carbocycles. The highest BCUT2D eigenvalue weighted by atomic mass is 35.7. The maximum Gasteiger partial charge on any atom is 0.0972 e. The molecule has 1 nitrogen and oxygen atoms in total. The molecule has 1 heterocycles. The lowest BCUT2D eigenvalue weighted by Crippen LogP contribution is -1.82. The summed E-state index contributed by atoms with van der Waals surface area (Å²) in [5.41, 5.74) is 0. The van der Waals surface area contributed by atoms with Crippen LogP contribution in [0, 0.1) is 0 Å². The molecule has 0 N–H and O–H groups in total. The summed E-state index contributed by atoms with van der Waals surface area (Å²) in [5.74, 6) is 3.32. The van der Waals surface area contributed by atoms with E-state index in [0.29, 0.717) is 4.21 Å². The molecule has 0 saturated carbocycles. The minimum atomic E-state index is -2.47. The van der Waals surface area contributed by atoms with Gasteiger partial charge in [0.05, 0.1) is 12.9 Å². The molecule has 1 aromatic heterocycles. The van der Waals surface area contributed by atoms with Crippen LogP contribution in [0.3, 0.4) is 0 Å². The van der Waals surface area contributed by atoms with Crippen LogP contribution in [-0.4, -0.2) is 10.1 Å². The molecule has 0 bridgehead atoms. The van der Waals surface area contributed by atoms with Crippen molar-refractivity contribution in [1.29, 1.82) is 0 Å². The highest BCUT2D eigenvalue weighted by Crippen LogP contribution is 2.19. The van der Waals surface area contributed by atoms with E-state index in [0.717, 1.165) is 0 Å². The molecule has 0 aliphatic rings. The summed E-state index contributed by atoms with van der Waals surface area (Å²) >= 11 is 1.36. The maximum atomic E-state index is 10.9. The highest BCUT2D eigenvalue weighted by Gasteiger charge is 2.01. The quantitative estimate of drug-likeness (QED) is 0.477. The Morgan fingerprint density at radius 1 is 1.78 bits per heavy atom. The van der Waals surface area contributed by atoms with Crippen molar-refractivity contribution in [3.8, 4) is 0 Å². The standard InChI is InChI=1S/C5H5ClOS2/c1-9(6,7)5-3-2-4-8-5/h2-4H,1H2. The van der Waals surface area contributed by atoms with Gasteiger partial charge in [0.25, 0.3) is 0 Å². The fraction of sp³-hybridized carbons (Fsp3) is 0. The Bertz CT molecular complexity index is 272. The molecule has 0 amide bonds. The number of thiophene rings is 1. The minimum Gasteiger partial charge on any atom is -0.247 e. The summed E-state index contributed by atoms with van der Waals surface area (Å²) in [7, 11) is 2.96. The molecular formula is C5H5ClOS2. The molecule has 0 aliphatic carbocycles. The topological polar surface area (TPSA) is 17.1 Å². The van der Waals surface area contributed by atoms with Crippen LogP contribution in [0.5, 0.6) is 0 Å². The van der Waals surface area contributed by atoms with E-state index in [1.54, 1.807) is 12.1 Å². The van der Waals surface area contributed by atoms with E-state index in [1.165, 1.54) is 11.3 Å². The van der Waals surface area contributed by atoms with Crippen LogP contribution < -0.4 is 0 Å². The molecule has 4 heteroatoms. The van der Waals surface area contributed by atoms with Crippen LogP contribution in [0.2, 0.25) is 0 Å². The van der Waals surface area contributed by atoms with Crippen LogP contribution >= 0.6 is 22.0 Å². The van der Waals surface area contributed by atoms with Gasteiger partial charge < -0.3 is 0 Å². The van der Waals surface area contributed by atoms with Gasteiger partial charge in [-0.25, -0.2) is 4.21 Å². The minimum absolute atomic E-state index is 0.643. The largest absolute Gasteiger partial charge is 0.247 e. The van der Waals surface area contributed by atoms with Gasteiger partial charge in [0.1, 0.15) is 0 Å². The summed E-state index contributed by atoms with van der Waals surface area (Å²) in [6.07, 6.45) is 0. The second-order valence-corrected chi connectivity index (χ2v) is 5.86. The Morgan fingerprint density at radius 2 is 2.44 bits per heavy atom. The first-order chi connectivity index (χ1) is 4.11. The predicted octanol–water partition coefficient (Wildman–Crippen LogP) is 1.98. The number of hydrogen-bond donors (Lipinski definition) is 0. The van der Waals surface area contributed by atoms with Gasteiger partial charge in [-0.15, -0.1) is 11.3 Å². The van der Waals surface area contributed by atoms with Crippen LogP contribution in [0.15, 0.2) is 21.7 Å². The van der Waals surface area contributed by atoms with E-state index < -0.39 is 8.74 Å². The smallest absolute Gasteiger partial charge is 0.0972 e. The highest BCUT2D eigenvalue weighted by molar-refractivity contribution is 8.22. The first-order valence-corrected chi connectivity index (χ1v) is 5.64. The van der Waals surface area contributed by atoms with Gasteiger partial charge in [0, 0.05) is 0 Å². The van der Waals surface area contributed by atoms with Crippen molar-refractivity contribution >= 4 is 36.6 Å². The van der Waals surface area contributed by atoms with Crippen LogP contribution in [-0.2, 0) is 8.74 Å². The molecule has 1 aromatic rings. The van der Waals surface area contributed by atoms with Crippen molar-refractivity contribution in [3.63, 3.8) is 0 Å². The average Bonchev–Trinajstić information content (AvgIpc) is 2.08. The molecule has 0 spiro atoms. The van der Waals surface area contributed by atoms with Crippen molar-refractivity contribution < 1.29 is 4.21 Å². The maximum absolute atomic E-state index is 10.9. The number of hydrogen-bond acceptors (Lipinski definition) is 2. The molecule has 50 valence electrons. The summed E-state index contributed by atoms with van der Waals surface area (Å²) in [6, 6.07) is 3.51. The lowest BCUT2D eigenvalue weighted by Gasteiger charge is -1.89. The third kappa shape index (κ3) is 1.71. The van der Waals surface area contributed by atoms with E-state index in [9.17, 15) is 4.21 Å². The van der Waals surface area contributed by atoms with Crippen molar-refractivity contribution in [2.45, 2.75) is 4.21 Å². The van der Waals surface area contributed by atoms with Gasteiger partial charge in [-0.2, -0.15) is 0 Å². The van der Waals surface area contributed by atoms with E-state index in [-0.39, 0.29) is 0 Å². The molecule has 0 saturated heterocycles. The van der Waals surface area contributed by atoms with Gasteiger partial charge in [0.15, 0.2) is 0 Å². The Balaban J connectivity index is 3.20. The predicted molar refractivity (Wildman–Crippen MR) is 43.7 cm³/mol. The first-order valence-electron chi connectivity index (χ1n) is 2.21. The van der Waals surface area contributed by atoms with Crippen LogP contribution in [0.1, 0.15) is 0 Å². The zero-order chi connectivity index (χ0) is 6.91. The van der Waals surface area contributed by atoms with Crippen LogP contribution in [0.4, 0.5) is 0 Å². The second kappa shape index (κ2) is 2.33. The van der Waals surface area contributed by atoms with Gasteiger partial charge in [-0.1, -0.05) is 6.07 Å². The fourth-order valence-corrected chi connectivity index (χ4v) is 2.39. The zero-order valence-electron chi connectivity index (χ0n) is 4.54. The number of rotatable bonds is 1. The first kappa shape index (κ1) is 7.12. The average molecular weight is 181 g/mol. The van der Waals surface area contributed by atoms with E-state index in [4.69, 9.17) is 10.7 Å². The normalized spacial score (nSPS) is 17.0. The van der Waals surface area contributed by atoms with Gasteiger partial charge in [-0.3, -0.25) is 0 Å². The third-order valence-corrected chi connectivity index (χ3v) is 4.06. The Kier molecular flexibility index (Phi) is 1.84. The van der Waals surface area contributed by atoms with Gasteiger partial charge >= 0.3 is 0 Å².